The number of fused-ring (bicyclic) bond motifs is 4. The molecule has 0 saturated heterocycles. The first-order valence-electron chi connectivity index (χ1n) is 18.3. The summed E-state index contributed by atoms with van der Waals surface area (Å²) in [5, 5.41) is 4.53. The number of nitrogens with zero attached hydrogens (tertiary/aromatic N) is 2. The van der Waals surface area contributed by atoms with Gasteiger partial charge in [-0.3, -0.25) is 0 Å². The Morgan fingerprint density at radius 2 is 0.870 bits per heavy atom. The molecule has 54 heavy (non-hydrogen) atoms. The van der Waals surface area contributed by atoms with Crippen molar-refractivity contribution >= 4 is 49.7 Å². The molecule has 1 aromatic heterocycles. The summed E-state index contributed by atoms with van der Waals surface area (Å²) in [6.45, 7) is 0. The van der Waals surface area contributed by atoms with E-state index in [1.165, 1.54) is 33.0 Å². The van der Waals surface area contributed by atoms with Gasteiger partial charge < -0.3 is 9.32 Å². The Labute approximate surface area is 314 Å². The van der Waals surface area contributed by atoms with Crippen LogP contribution in [0.25, 0.3) is 77.5 Å². The second-order valence-electron chi connectivity index (χ2n) is 13.6. The third-order valence-corrected chi connectivity index (χ3v) is 10.3. The summed E-state index contributed by atoms with van der Waals surface area (Å²) in [7, 11) is 0. The summed E-state index contributed by atoms with van der Waals surface area (Å²) in [6.07, 6.45) is 0. The summed E-state index contributed by atoms with van der Waals surface area (Å²) in [5.41, 5.74) is 13.0. The predicted octanol–water partition coefficient (Wildman–Crippen LogP) is 14.3. The third kappa shape index (κ3) is 5.78. The lowest BCUT2D eigenvalue weighted by molar-refractivity contribution is 0.623. The van der Waals surface area contributed by atoms with Gasteiger partial charge >= 0.3 is 0 Å². The number of anilines is 3. The van der Waals surface area contributed by atoms with Crippen molar-refractivity contribution in [1.29, 1.82) is 0 Å². The van der Waals surface area contributed by atoms with Gasteiger partial charge in [0.25, 0.3) is 0 Å². The van der Waals surface area contributed by atoms with Crippen molar-refractivity contribution < 1.29 is 4.42 Å². The van der Waals surface area contributed by atoms with Gasteiger partial charge in [0.05, 0.1) is 0 Å². The normalized spacial score (nSPS) is 11.3. The van der Waals surface area contributed by atoms with Gasteiger partial charge in [0.15, 0.2) is 5.58 Å². The Balaban J connectivity index is 0.986. The fourth-order valence-corrected chi connectivity index (χ4v) is 7.55. The molecule has 0 fully saturated rings. The highest BCUT2D eigenvalue weighted by Gasteiger charge is 2.16. The van der Waals surface area contributed by atoms with Crippen molar-refractivity contribution in [3.63, 3.8) is 0 Å². The largest absolute Gasteiger partial charge is 0.435 e. The second-order valence-corrected chi connectivity index (χ2v) is 13.6. The molecule has 9 aromatic carbocycles. The lowest BCUT2D eigenvalue weighted by Crippen LogP contribution is -2.09. The van der Waals surface area contributed by atoms with Crippen molar-refractivity contribution in [2.45, 2.75) is 0 Å². The summed E-state index contributed by atoms with van der Waals surface area (Å²) in [6, 6.07) is 73.0. The van der Waals surface area contributed by atoms with E-state index in [4.69, 9.17) is 9.40 Å². The molecule has 3 heteroatoms. The summed E-state index contributed by atoms with van der Waals surface area (Å²) < 4.78 is 6.50. The van der Waals surface area contributed by atoms with Gasteiger partial charge in [0, 0.05) is 28.0 Å². The van der Waals surface area contributed by atoms with Crippen LogP contribution in [-0.2, 0) is 0 Å². The molecule has 0 radical (unpaired) electrons. The van der Waals surface area contributed by atoms with Crippen molar-refractivity contribution in [1.82, 2.24) is 4.98 Å². The number of oxazole rings is 1. The van der Waals surface area contributed by atoms with Crippen molar-refractivity contribution in [3.05, 3.63) is 206 Å². The van der Waals surface area contributed by atoms with Crippen LogP contribution in [0.15, 0.2) is 211 Å². The maximum Gasteiger partial charge on any atom is 0.227 e. The molecule has 0 aliphatic rings. The minimum absolute atomic E-state index is 0.632. The molecule has 0 unspecified atom stereocenters. The van der Waals surface area contributed by atoms with E-state index in [0.29, 0.717) is 5.89 Å². The molecular formula is C51H34N2O. The Kier molecular flexibility index (Phi) is 7.81. The molecule has 0 bridgehead atoms. The Morgan fingerprint density at radius 3 is 1.59 bits per heavy atom. The molecule has 10 rings (SSSR count). The van der Waals surface area contributed by atoms with E-state index < -0.39 is 0 Å². The molecule has 1 heterocycles. The minimum Gasteiger partial charge on any atom is -0.435 e. The molecule has 254 valence electrons. The summed E-state index contributed by atoms with van der Waals surface area (Å²) in [4.78, 5) is 7.21. The Morgan fingerprint density at radius 1 is 0.352 bits per heavy atom. The van der Waals surface area contributed by atoms with E-state index in [0.717, 1.165) is 55.6 Å². The standard InChI is InChI=1S/C51H34N2O/c1-3-12-37(13-4-1)46-17-9-10-18-47(46)38-25-30-45(31-26-38)53(43-15-5-2-6-16-43)44-28-23-36(24-29-44)41-21-20-39-27-32-49-50(48(39)34-41)54-51(52-49)42-22-19-35-11-7-8-14-40(35)33-42/h1-34H. The van der Waals surface area contributed by atoms with Crippen molar-refractivity contribution in [2.24, 2.45) is 0 Å². The highest BCUT2D eigenvalue weighted by Crippen LogP contribution is 2.39. The van der Waals surface area contributed by atoms with E-state index in [2.05, 4.69) is 205 Å². The van der Waals surface area contributed by atoms with E-state index in [1.54, 1.807) is 0 Å². The number of hydrogen-bond acceptors (Lipinski definition) is 3. The van der Waals surface area contributed by atoms with Gasteiger partial charge in [-0.25, -0.2) is 4.98 Å². The number of hydrogen-bond donors (Lipinski definition) is 0. The lowest BCUT2D eigenvalue weighted by Gasteiger charge is -2.26. The molecule has 0 N–H and O–H groups in total. The molecule has 0 amide bonds. The van der Waals surface area contributed by atoms with Crippen LogP contribution >= 0.6 is 0 Å². The third-order valence-electron chi connectivity index (χ3n) is 10.3. The average molecular weight is 691 g/mol. The molecule has 0 saturated carbocycles. The molecule has 0 aliphatic heterocycles. The second kappa shape index (κ2) is 13.4. The van der Waals surface area contributed by atoms with E-state index in [9.17, 15) is 0 Å². The zero-order chi connectivity index (χ0) is 35.8. The van der Waals surface area contributed by atoms with Crippen LogP contribution in [0.5, 0.6) is 0 Å². The van der Waals surface area contributed by atoms with Crippen LogP contribution < -0.4 is 4.90 Å². The molecule has 3 nitrogen and oxygen atoms in total. The van der Waals surface area contributed by atoms with Crippen LogP contribution in [-0.4, -0.2) is 4.98 Å². The van der Waals surface area contributed by atoms with Crippen LogP contribution in [0.4, 0.5) is 17.1 Å². The molecule has 0 spiro atoms. The Bertz CT molecular complexity index is 2910. The predicted molar refractivity (Wildman–Crippen MR) is 225 cm³/mol. The molecule has 0 atom stereocenters. The number of benzene rings is 9. The first-order valence-corrected chi connectivity index (χ1v) is 18.3. The topological polar surface area (TPSA) is 29.3 Å². The monoisotopic (exact) mass is 690 g/mol. The van der Waals surface area contributed by atoms with Gasteiger partial charge in [0.2, 0.25) is 5.89 Å². The van der Waals surface area contributed by atoms with E-state index >= 15 is 0 Å². The van der Waals surface area contributed by atoms with Crippen molar-refractivity contribution in [2.75, 3.05) is 4.90 Å². The summed E-state index contributed by atoms with van der Waals surface area (Å²) in [5.74, 6) is 0.632. The van der Waals surface area contributed by atoms with Gasteiger partial charge in [-0.05, 0) is 110 Å². The van der Waals surface area contributed by atoms with Gasteiger partial charge in [0.1, 0.15) is 5.52 Å². The van der Waals surface area contributed by atoms with Crippen molar-refractivity contribution in [3.8, 4) is 44.8 Å². The number of aromatic nitrogens is 1. The average Bonchev–Trinajstić information content (AvgIpc) is 3.70. The molecule has 10 aromatic rings. The Hall–Kier alpha value is -7.23. The van der Waals surface area contributed by atoms with Crippen LogP contribution in [0.2, 0.25) is 0 Å². The highest BCUT2D eigenvalue weighted by atomic mass is 16.3. The maximum atomic E-state index is 6.50. The van der Waals surface area contributed by atoms with E-state index in [1.807, 2.05) is 6.07 Å². The first kappa shape index (κ1) is 31.5. The molecule has 0 aliphatic carbocycles. The minimum atomic E-state index is 0.632. The fourth-order valence-electron chi connectivity index (χ4n) is 7.55. The van der Waals surface area contributed by atoms with Crippen LogP contribution in [0.1, 0.15) is 0 Å². The van der Waals surface area contributed by atoms with E-state index in [-0.39, 0.29) is 0 Å². The first-order chi connectivity index (χ1) is 26.7. The zero-order valence-corrected chi connectivity index (χ0v) is 29.4. The quantitative estimate of drug-likeness (QED) is 0.167. The van der Waals surface area contributed by atoms with Crippen LogP contribution in [0.3, 0.4) is 0 Å². The SMILES string of the molecule is c1ccc(-c2ccccc2-c2ccc(N(c3ccccc3)c3ccc(-c4ccc5ccc6nc(-c7ccc8ccccc8c7)oc6c5c4)cc3)cc2)cc1. The number of rotatable bonds is 7. The van der Waals surface area contributed by atoms with Gasteiger partial charge in [-0.15, -0.1) is 0 Å². The van der Waals surface area contributed by atoms with Gasteiger partial charge in [-0.1, -0.05) is 146 Å². The van der Waals surface area contributed by atoms with Crippen LogP contribution in [0, 0.1) is 0 Å². The number of para-hydroxylation sites is 1. The maximum absolute atomic E-state index is 6.50. The lowest BCUT2D eigenvalue weighted by atomic mass is 9.94. The fraction of sp³-hybridized carbons (Fsp3) is 0. The molecular weight excluding hydrogens is 657 g/mol. The smallest absolute Gasteiger partial charge is 0.227 e. The summed E-state index contributed by atoms with van der Waals surface area (Å²) >= 11 is 0. The highest BCUT2D eigenvalue weighted by molar-refractivity contribution is 6.05. The zero-order valence-electron chi connectivity index (χ0n) is 29.4. The van der Waals surface area contributed by atoms with Gasteiger partial charge in [-0.2, -0.15) is 0 Å².